The zero-order valence-electron chi connectivity index (χ0n) is 14.6. The van der Waals surface area contributed by atoms with E-state index in [4.69, 9.17) is 0 Å². The maximum Gasteiger partial charge on any atom is 0.222 e. The van der Waals surface area contributed by atoms with Gasteiger partial charge in [-0.05, 0) is 36.5 Å². The van der Waals surface area contributed by atoms with Gasteiger partial charge in [-0.15, -0.1) is 0 Å². The minimum Gasteiger partial charge on any atom is -0.339 e. The second kappa shape index (κ2) is 6.95. The molecule has 0 aromatic rings. The Hall–Kier alpha value is -0.530. The number of hydrogen-bond donors (Lipinski definition) is 0. The topological polar surface area (TPSA) is 20.3 Å². The van der Waals surface area contributed by atoms with Gasteiger partial charge >= 0.3 is 0 Å². The molecule has 1 atom stereocenters. The first-order valence-electron chi connectivity index (χ1n) is 8.53. The van der Waals surface area contributed by atoms with Crippen molar-refractivity contribution in [2.24, 2.45) is 10.8 Å². The molecule has 1 fully saturated rings. The molecule has 1 unspecified atom stereocenters. The Morgan fingerprint density at radius 1 is 1.05 bits per heavy atom. The van der Waals surface area contributed by atoms with Gasteiger partial charge in [0.2, 0.25) is 5.91 Å². The number of carbonyl (C=O) groups excluding carboxylic acids is 1. The van der Waals surface area contributed by atoms with Crippen molar-refractivity contribution in [2.45, 2.75) is 92.5 Å². The van der Waals surface area contributed by atoms with E-state index in [1.54, 1.807) is 0 Å². The van der Waals surface area contributed by atoms with Gasteiger partial charge in [-0.2, -0.15) is 0 Å². The normalized spacial score (nSPS) is 19.9. The highest BCUT2D eigenvalue weighted by Gasteiger charge is 2.38. The minimum atomic E-state index is 0.201. The second-order valence-electron chi connectivity index (χ2n) is 7.98. The number of carbonyl (C=O) groups is 1. The maximum absolute atomic E-state index is 12.5. The fourth-order valence-electron chi connectivity index (χ4n) is 3.04. The highest BCUT2D eigenvalue weighted by atomic mass is 16.2. The van der Waals surface area contributed by atoms with E-state index < -0.39 is 0 Å². The van der Waals surface area contributed by atoms with Crippen molar-refractivity contribution >= 4 is 5.91 Å². The van der Waals surface area contributed by atoms with Gasteiger partial charge in [0.25, 0.3) is 0 Å². The van der Waals surface area contributed by atoms with Crippen molar-refractivity contribution in [3.8, 4) is 0 Å². The summed E-state index contributed by atoms with van der Waals surface area (Å²) in [5.41, 5.74) is 0.510. The monoisotopic (exact) mass is 281 g/mol. The average molecular weight is 281 g/mol. The molecule has 0 bridgehead atoms. The van der Waals surface area contributed by atoms with Crippen LogP contribution in [0.4, 0.5) is 0 Å². The van der Waals surface area contributed by atoms with Crippen molar-refractivity contribution < 1.29 is 4.79 Å². The molecule has 2 nitrogen and oxygen atoms in total. The molecule has 0 radical (unpaired) electrons. The van der Waals surface area contributed by atoms with Gasteiger partial charge in [0.1, 0.15) is 0 Å². The first kappa shape index (κ1) is 17.5. The Balaban J connectivity index is 2.99. The molecule has 20 heavy (non-hydrogen) atoms. The summed E-state index contributed by atoms with van der Waals surface area (Å²) in [5, 5.41) is 0. The van der Waals surface area contributed by atoms with Gasteiger partial charge < -0.3 is 4.90 Å². The smallest absolute Gasteiger partial charge is 0.222 e. The summed E-state index contributed by atoms with van der Waals surface area (Å²) in [7, 11) is 0. The van der Waals surface area contributed by atoms with E-state index in [1.807, 2.05) is 0 Å². The van der Waals surface area contributed by atoms with E-state index in [9.17, 15) is 4.79 Å². The lowest BCUT2D eigenvalue weighted by atomic mass is 9.72. The first-order valence-corrected chi connectivity index (χ1v) is 8.53. The van der Waals surface area contributed by atoms with E-state index in [0.29, 0.717) is 17.4 Å². The van der Waals surface area contributed by atoms with Crippen molar-refractivity contribution in [1.82, 2.24) is 4.90 Å². The van der Waals surface area contributed by atoms with E-state index in [1.165, 1.54) is 19.3 Å². The summed E-state index contributed by atoms with van der Waals surface area (Å²) in [6.07, 6.45) is 7.63. The number of rotatable bonds is 6. The predicted molar refractivity (Wildman–Crippen MR) is 86.7 cm³/mol. The lowest BCUT2D eigenvalue weighted by molar-refractivity contribution is -0.136. The molecule has 0 spiro atoms. The number of likely N-dealkylation sites (tertiary alicyclic amines) is 1. The SMILES string of the molecule is CCC(C)(C)CC(N1CCCCCC1=O)C(C)(C)CC. The van der Waals surface area contributed by atoms with Gasteiger partial charge in [-0.1, -0.05) is 54.4 Å². The van der Waals surface area contributed by atoms with Gasteiger partial charge in [0, 0.05) is 19.0 Å². The molecule has 118 valence electrons. The standard InChI is InChI=1S/C18H35NO/c1-7-17(3,4)14-15(18(5,6)8-2)19-13-11-9-10-12-16(19)20/h15H,7-14H2,1-6H3. The molecule has 0 aromatic heterocycles. The van der Waals surface area contributed by atoms with Crippen LogP contribution in [0.1, 0.15) is 86.5 Å². The van der Waals surface area contributed by atoms with E-state index in [0.717, 1.165) is 32.2 Å². The molecule has 1 aliphatic heterocycles. The molecule has 1 heterocycles. The van der Waals surface area contributed by atoms with E-state index in [-0.39, 0.29) is 5.41 Å². The Kier molecular flexibility index (Phi) is 6.09. The molecular weight excluding hydrogens is 246 g/mol. The molecule has 0 saturated carbocycles. The Labute approximate surface area is 126 Å². The lowest BCUT2D eigenvalue weighted by Crippen LogP contribution is -2.50. The average Bonchev–Trinajstić information content (AvgIpc) is 2.61. The number of hydrogen-bond acceptors (Lipinski definition) is 1. The molecule has 0 aliphatic carbocycles. The molecule has 2 heteroatoms. The number of amides is 1. The van der Waals surface area contributed by atoms with E-state index >= 15 is 0 Å². The van der Waals surface area contributed by atoms with Gasteiger partial charge in [0.05, 0.1) is 0 Å². The molecular formula is C18H35NO. The fourth-order valence-corrected chi connectivity index (χ4v) is 3.04. The summed E-state index contributed by atoms with van der Waals surface area (Å²) in [6.45, 7) is 14.8. The van der Waals surface area contributed by atoms with Crippen molar-refractivity contribution in [2.75, 3.05) is 6.54 Å². The van der Waals surface area contributed by atoms with Gasteiger partial charge in [0.15, 0.2) is 0 Å². The van der Waals surface area contributed by atoms with Crippen molar-refractivity contribution in [3.63, 3.8) is 0 Å². The van der Waals surface area contributed by atoms with Crippen LogP contribution in [-0.4, -0.2) is 23.4 Å². The van der Waals surface area contributed by atoms with Crippen LogP contribution in [0.2, 0.25) is 0 Å². The molecule has 1 saturated heterocycles. The molecule has 1 rings (SSSR count). The fraction of sp³-hybridized carbons (Fsp3) is 0.944. The van der Waals surface area contributed by atoms with Crippen LogP contribution in [0.5, 0.6) is 0 Å². The second-order valence-corrected chi connectivity index (χ2v) is 7.98. The summed E-state index contributed by atoms with van der Waals surface area (Å²) in [5.74, 6) is 0.390. The zero-order chi connectivity index (χ0) is 15.4. The van der Waals surface area contributed by atoms with Crippen molar-refractivity contribution in [3.05, 3.63) is 0 Å². The number of nitrogens with zero attached hydrogens (tertiary/aromatic N) is 1. The van der Waals surface area contributed by atoms with Crippen LogP contribution in [0.15, 0.2) is 0 Å². The highest BCUT2D eigenvalue weighted by molar-refractivity contribution is 5.76. The predicted octanol–water partition coefficient (Wildman–Crippen LogP) is 5.02. The summed E-state index contributed by atoms with van der Waals surface area (Å²) in [4.78, 5) is 14.7. The molecule has 0 N–H and O–H groups in total. The van der Waals surface area contributed by atoms with Gasteiger partial charge in [-0.3, -0.25) is 4.79 Å². The third kappa shape index (κ3) is 4.49. The highest BCUT2D eigenvalue weighted by Crippen LogP contribution is 2.39. The quantitative estimate of drug-likeness (QED) is 0.669. The summed E-state index contributed by atoms with van der Waals surface area (Å²) >= 11 is 0. The van der Waals surface area contributed by atoms with Crippen LogP contribution in [0, 0.1) is 10.8 Å². The molecule has 1 aliphatic rings. The van der Waals surface area contributed by atoms with Crippen molar-refractivity contribution in [1.29, 1.82) is 0 Å². The van der Waals surface area contributed by atoms with E-state index in [2.05, 4.69) is 46.4 Å². The zero-order valence-corrected chi connectivity index (χ0v) is 14.6. The molecule has 0 aromatic carbocycles. The summed E-state index contributed by atoms with van der Waals surface area (Å²) < 4.78 is 0. The van der Waals surface area contributed by atoms with Crippen LogP contribution < -0.4 is 0 Å². The van der Waals surface area contributed by atoms with Gasteiger partial charge in [-0.25, -0.2) is 0 Å². The van der Waals surface area contributed by atoms with Crippen LogP contribution >= 0.6 is 0 Å². The van der Waals surface area contributed by atoms with Crippen LogP contribution in [0.3, 0.4) is 0 Å². The maximum atomic E-state index is 12.5. The first-order chi connectivity index (χ1) is 9.23. The Morgan fingerprint density at radius 2 is 1.70 bits per heavy atom. The third-order valence-corrected chi connectivity index (χ3v) is 5.50. The third-order valence-electron chi connectivity index (χ3n) is 5.50. The van der Waals surface area contributed by atoms with Crippen LogP contribution in [0.25, 0.3) is 0 Å². The molecule has 1 amide bonds. The largest absolute Gasteiger partial charge is 0.339 e. The van der Waals surface area contributed by atoms with Crippen LogP contribution in [-0.2, 0) is 4.79 Å². The minimum absolute atomic E-state index is 0.201. The Morgan fingerprint density at radius 3 is 2.25 bits per heavy atom. The summed E-state index contributed by atoms with van der Waals surface area (Å²) in [6, 6.07) is 0.382. The lowest BCUT2D eigenvalue weighted by Gasteiger charge is -2.45. The Bertz CT molecular complexity index is 319.